The predicted molar refractivity (Wildman–Crippen MR) is 133 cm³/mol. The highest BCUT2D eigenvalue weighted by Crippen LogP contribution is 2.30. The van der Waals surface area contributed by atoms with E-state index in [2.05, 4.69) is 11.4 Å². The zero-order valence-electron chi connectivity index (χ0n) is 21.4. The molecule has 200 valence electrons. The second-order valence-corrected chi connectivity index (χ2v) is 9.89. The van der Waals surface area contributed by atoms with Crippen molar-refractivity contribution in [2.75, 3.05) is 31.6 Å². The molecular formula is C27H32F3N3O4. The van der Waals surface area contributed by atoms with Crippen molar-refractivity contribution in [3.05, 3.63) is 53.1 Å². The van der Waals surface area contributed by atoms with Crippen LogP contribution in [-0.2, 0) is 17.6 Å². The molecule has 0 saturated heterocycles. The Morgan fingerprint density at radius 2 is 1.84 bits per heavy atom. The molecule has 3 rings (SSSR count). The van der Waals surface area contributed by atoms with Gasteiger partial charge in [-0.2, -0.15) is 18.4 Å². The molecule has 1 aliphatic heterocycles. The number of carbonyl (C=O) groups is 1. The number of hydrogen-bond donors (Lipinski definition) is 1. The Balaban J connectivity index is 1.72. The largest absolute Gasteiger partial charge is 0.488 e. The van der Waals surface area contributed by atoms with Crippen LogP contribution in [0.1, 0.15) is 44.4 Å². The summed E-state index contributed by atoms with van der Waals surface area (Å²) in [4.78, 5) is 14.6. The van der Waals surface area contributed by atoms with Gasteiger partial charge in [0.1, 0.15) is 18.3 Å². The summed E-state index contributed by atoms with van der Waals surface area (Å²) in [5.74, 6) is 0.112. The smallest absolute Gasteiger partial charge is 0.422 e. The van der Waals surface area contributed by atoms with E-state index in [9.17, 15) is 23.2 Å². The third-order valence-corrected chi connectivity index (χ3v) is 5.62. The Hall–Kier alpha value is -3.61. The molecule has 0 saturated carbocycles. The topological polar surface area (TPSA) is 83.8 Å². The highest BCUT2D eigenvalue weighted by Gasteiger charge is 2.29. The van der Waals surface area contributed by atoms with E-state index in [0.717, 1.165) is 29.8 Å². The van der Waals surface area contributed by atoms with Crippen molar-refractivity contribution < 1.29 is 32.2 Å². The molecule has 0 aromatic heterocycles. The predicted octanol–water partition coefficient (Wildman–Crippen LogP) is 5.71. The lowest BCUT2D eigenvalue weighted by Gasteiger charge is -2.32. The lowest BCUT2D eigenvalue weighted by Crippen LogP contribution is -2.45. The Bertz CT molecular complexity index is 1140. The molecule has 0 aliphatic carbocycles. The first kappa shape index (κ1) is 28.0. The molecule has 1 heterocycles. The molecule has 1 aliphatic rings. The first-order valence-corrected chi connectivity index (χ1v) is 12.1. The fourth-order valence-corrected chi connectivity index (χ4v) is 4.07. The van der Waals surface area contributed by atoms with Gasteiger partial charge in [-0.05, 0) is 69.9 Å². The molecule has 10 heteroatoms. The molecule has 2 aromatic carbocycles. The van der Waals surface area contributed by atoms with Crippen LogP contribution in [-0.4, -0.2) is 55.1 Å². The van der Waals surface area contributed by atoms with Crippen LogP contribution < -0.4 is 14.8 Å². The number of benzene rings is 2. The van der Waals surface area contributed by atoms with Crippen LogP contribution >= 0.6 is 0 Å². The van der Waals surface area contributed by atoms with E-state index in [0.29, 0.717) is 12.0 Å². The molecule has 0 bridgehead atoms. The van der Waals surface area contributed by atoms with E-state index < -0.39 is 24.5 Å². The maximum absolute atomic E-state index is 13.1. The number of nitrogens with one attached hydrogen (secondary N) is 1. The van der Waals surface area contributed by atoms with Gasteiger partial charge >= 0.3 is 12.3 Å². The average molecular weight is 520 g/mol. The molecule has 1 N–H and O–H groups in total. The van der Waals surface area contributed by atoms with Crippen LogP contribution in [0.4, 0.5) is 23.7 Å². The van der Waals surface area contributed by atoms with Gasteiger partial charge in [0.05, 0.1) is 17.8 Å². The van der Waals surface area contributed by atoms with Crippen LogP contribution in [0.25, 0.3) is 0 Å². The number of alkyl halides is 3. The van der Waals surface area contributed by atoms with Crippen LogP contribution in [0.5, 0.6) is 11.5 Å². The maximum atomic E-state index is 13.1. The van der Waals surface area contributed by atoms with Crippen LogP contribution in [0.2, 0.25) is 0 Å². The molecule has 0 unspecified atom stereocenters. The highest BCUT2D eigenvalue weighted by atomic mass is 19.4. The Labute approximate surface area is 215 Å². The molecule has 1 amide bonds. The second-order valence-electron chi connectivity index (χ2n) is 9.89. The third kappa shape index (κ3) is 8.20. The van der Waals surface area contributed by atoms with Crippen molar-refractivity contribution >= 4 is 11.8 Å². The molecule has 1 atom stereocenters. The fraction of sp³-hybridized carbons (Fsp3) is 0.481. The minimum atomic E-state index is -4.48. The number of nitrogens with zero attached hydrogens (tertiary/aromatic N) is 2. The zero-order valence-corrected chi connectivity index (χ0v) is 21.4. The van der Waals surface area contributed by atoms with E-state index in [1.54, 1.807) is 32.9 Å². The third-order valence-electron chi connectivity index (χ3n) is 5.62. The lowest BCUT2D eigenvalue weighted by atomic mass is 9.98. The standard InChI is InChI=1S/C27H32F3N3O4/c1-18(13-19-14-20-9-10-32-24(20)21(15-19)16-31)33(25(34)37-26(2,3)4)11-12-35-22-7-5-6-8-23(22)36-17-27(28,29)30/h5-8,14-15,18,32H,9-13,17H2,1-4H3/t18-/m1/s1. The number of para-hydroxylation sites is 2. The minimum absolute atomic E-state index is 0.00747. The van der Waals surface area contributed by atoms with Crippen molar-refractivity contribution in [3.8, 4) is 17.6 Å². The second kappa shape index (κ2) is 11.6. The summed E-state index contributed by atoms with van der Waals surface area (Å²) in [6.07, 6.45) is -3.71. The average Bonchev–Trinajstić information content (AvgIpc) is 3.27. The number of halogens is 3. The van der Waals surface area contributed by atoms with Crippen LogP contribution in [0, 0.1) is 11.3 Å². The van der Waals surface area contributed by atoms with Crippen molar-refractivity contribution in [2.24, 2.45) is 0 Å². The van der Waals surface area contributed by atoms with Crippen molar-refractivity contribution in [1.29, 1.82) is 5.26 Å². The summed E-state index contributed by atoms with van der Waals surface area (Å²) in [5.41, 5.74) is 2.71. The quantitative estimate of drug-likeness (QED) is 0.457. The van der Waals surface area contributed by atoms with E-state index in [1.807, 2.05) is 19.1 Å². The van der Waals surface area contributed by atoms with E-state index in [-0.39, 0.29) is 30.7 Å². The Morgan fingerprint density at radius 3 is 2.46 bits per heavy atom. The van der Waals surface area contributed by atoms with E-state index in [1.165, 1.54) is 17.0 Å². The molecule has 7 nitrogen and oxygen atoms in total. The van der Waals surface area contributed by atoms with Gasteiger partial charge < -0.3 is 24.4 Å². The summed E-state index contributed by atoms with van der Waals surface area (Å²) in [6, 6.07) is 11.9. The van der Waals surface area contributed by atoms with Crippen LogP contribution in [0.3, 0.4) is 0 Å². The SMILES string of the molecule is C[C@H](Cc1cc(C#N)c2c(c1)CCN2)N(CCOc1ccccc1OCC(F)(F)F)C(=O)OC(C)(C)C. The molecule has 0 spiro atoms. The minimum Gasteiger partial charge on any atom is -0.488 e. The Kier molecular flexibility index (Phi) is 8.79. The number of amides is 1. The highest BCUT2D eigenvalue weighted by molar-refractivity contribution is 5.69. The van der Waals surface area contributed by atoms with Gasteiger partial charge in [-0.1, -0.05) is 18.2 Å². The first-order chi connectivity index (χ1) is 17.4. The van der Waals surface area contributed by atoms with E-state index in [4.69, 9.17) is 14.2 Å². The van der Waals surface area contributed by atoms with Crippen molar-refractivity contribution in [2.45, 2.75) is 58.4 Å². The van der Waals surface area contributed by atoms with Gasteiger partial charge in [0.15, 0.2) is 18.1 Å². The van der Waals surface area contributed by atoms with Gasteiger partial charge in [0, 0.05) is 12.6 Å². The maximum Gasteiger partial charge on any atom is 0.422 e. The van der Waals surface area contributed by atoms with Gasteiger partial charge in [0.2, 0.25) is 0 Å². The summed E-state index contributed by atoms with van der Waals surface area (Å²) < 4.78 is 54.0. The van der Waals surface area contributed by atoms with Gasteiger partial charge in [-0.15, -0.1) is 0 Å². The zero-order chi connectivity index (χ0) is 27.2. The lowest BCUT2D eigenvalue weighted by molar-refractivity contribution is -0.153. The molecule has 37 heavy (non-hydrogen) atoms. The number of anilines is 1. The molecular weight excluding hydrogens is 487 g/mol. The van der Waals surface area contributed by atoms with Crippen molar-refractivity contribution in [1.82, 2.24) is 4.90 Å². The first-order valence-electron chi connectivity index (χ1n) is 12.1. The fourth-order valence-electron chi connectivity index (χ4n) is 4.07. The van der Waals surface area contributed by atoms with E-state index >= 15 is 0 Å². The molecule has 0 fully saturated rings. The monoisotopic (exact) mass is 519 g/mol. The summed E-state index contributed by atoms with van der Waals surface area (Å²) >= 11 is 0. The van der Waals surface area contributed by atoms with Gasteiger partial charge in [0.25, 0.3) is 0 Å². The number of hydrogen-bond acceptors (Lipinski definition) is 6. The number of carbonyl (C=O) groups excluding carboxylic acids is 1. The number of ether oxygens (including phenoxy) is 3. The van der Waals surface area contributed by atoms with Crippen LogP contribution in [0.15, 0.2) is 36.4 Å². The summed E-state index contributed by atoms with van der Waals surface area (Å²) in [7, 11) is 0. The summed E-state index contributed by atoms with van der Waals surface area (Å²) in [6.45, 7) is 6.66. The van der Waals surface area contributed by atoms with Gasteiger partial charge in [-0.3, -0.25) is 0 Å². The Morgan fingerprint density at radius 1 is 1.16 bits per heavy atom. The number of fused-ring (bicyclic) bond motifs is 1. The molecule has 0 radical (unpaired) electrons. The molecule has 2 aromatic rings. The normalized spacial score (nSPS) is 13.7. The summed E-state index contributed by atoms with van der Waals surface area (Å²) in [5, 5.41) is 12.8. The van der Waals surface area contributed by atoms with Crippen molar-refractivity contribution in [3.63, 3.8) is 0 Å². The number of rotatable bonds is 9. The van der Waals surface area contributed by atoms with Gasteiger partial charge in [-0.25, -0.2) is 4.79 Å². The number of nitriles is 1.